The van der Waals surface area contributed by atoms with E-state index in [2.05, 4.69) is 49.0 Å². The van der Waals surface area contributed by atoms with Gasteiger partial charge in [0.25, 0.3) is 5.91 Å². The van der Waals surface area contributed by atoms with Crippen LogP contribution in [0.2, 0.25) is 0 Å². The maximum absolute atomic E-state index is 13.4. The van der Waals surface area contributed by atoms with Gasteiger partial charge in [0.15, 0.2) is 17.0 Å². The van der Waals surface area contributed by atoms with Gasteiger partial charge >= 0.3 is 12.1 Å². The van der Waals surface area contributed by atoms with Gasteiger partial charge < -0.3 is 40.7 Å². The summed E-state index contributed by atoms with van der Waals surface area (Å²) in [5.74, 6) is -2.18. The van der Waals surface area contributed by atoms with Crippen molar-refractivity contribution in [2.75, 3.05) is 29.9 Å². The summed E-state index contributed by atoms with van der Waals surface area (Å²) in [5, 5.41) is 38.9. The Morgan fingerprint density at radius 2 is 1.58 bits per heavy atom. The molecule has 0 bridgehead atoms. The third kappa shape index (κ3) is 9.14. The Morgan fingerprint density at radius 1 is 0.900 bits per heavy atom. The minimum absolute atomic E-state index is 0.00596. The minimum Gasteiger partial charge on any atom is -0.475 e. The van der Waals surface area contributed by atoms with Crippen molar-refractivity contribution in [2.45, 2.75) is 68.6 Å². The number of amides is 2. The van der Waals surface area contributed by atoms with Gasteiger partial charge in [-0.3, -0.25) is 9.59 Å². The summed E-state index contributed by atoms with van der Waals surface area (Å²) in [7, 11) is 0. The zero-order valence-electron chi connectivity index (χ0n) is 32.0. The summed E-state index contributed by atoms with van der Waals surface area (Å²) >= 11 is 1.08. The lowest BCUT2D eigenvalue weighted by Crippen LogP contribution is -2.42. The van der Waals surface area contributed by atoms with Crippen molar-refractivity contribution < 1.29 is 42.9 Å². The molecule has 314 valence electrons. The molecule has 3 aromatic carbocycles. The fraction of sp³-hybridized carbons (Fsp3) is 0.350. The van der Waals surface area contributed by atoms with Crippen LogP contribution in [0.15, 0.2) is 85.2 Å². The van der Waals surface area contributed by atoms with Crippen LogP contribution in [0.3, 0.4) is 0 Å². The number of alkyl halides is 3. The summed E-state index contributed by atoms with van der Waals surface area (Å²) < 4.78 is 42.1. The zero-order valence-corrected chi connectivity index (χ0v) is 32.8. The molecule has 2 amide bonds. The van der Waals surface area contributed by atoms with Crippen LogP contribution in [-0.2, 0) is 9.59 Å². The molecule has 0 spiro atoms. The van der Waals surface area contributed by atoms with Crippen LogP contribution >= 0.6 is 11.7 Å². The average molecular weight is 847 g/mol. The largest absolute Gasteiger partial charge is 0.490 e. The van der Waals surface area contributed by atoms with Gasteiger partial charge in [0.1, 0.15) is 23.2 Å². The highest BCUT2D eigenvalue weighted by Gasteiger charge is 2.44. The quantitative estimate of drug-likeness (QED) is 0.107. The predicted octanol–water partition coefficient (Wildman–Crippen LogP) is 4.28. The monoisotopic (exact) mass is 846 g/mol. The Bertz CT molecular complexity index is 2420. The molecular formula is C40H41F3N10O6S. The number of aromatic nitrogens is 6. The number of hydrogen-bond donors (Lipinski definition) is 6. The van der Waals surface area contributed by atoms with Crippen LogP contribution in [0.25, 0.3) is 22.2 Å². The second kappa shape index (κ2) is 17.9. The number of rotatable bonds is 11. The van der Waals surface area contributed by atoms with E-state index in [0.29, 0.717) is 72.0 Å². The third-order valence-corrected chi connectivity index (χ3v) is 11.1. The Morgan fingerprint density at radius 3 is 2.23 bits per heavy atom. The number of halogens is 3. The Balaban J connectivity index is 0.000000716. The van der Waals surface area contributed by atoms with E-state index < -0.39 is 36.4 Å². The summed E-state index contributed by atoms with van der Waals surface area (Å²) in [5.41, 5.74) is 5.06. The van der Waals surface area contributed by atoms with Crippen LogP contribution in [-0.4, -0.2) is 111 Å². The van der Waals surface area contributed by atoms with E-state index in [-0.39, 0.29) is 30.2 Å². The molecule has 1 aliphatic heterocycles. The number of anilines is 2. The molecule has 0 unspecified atom stereocenters. The van der Waals surface area contributed by atoms with E-state index in [4.69, 9.17) is 24.9 Å². The highest BCUT2D eigenvalue weighted by Crippen LogP contribution is 2.36. The smallest absolute Gasteiger partial charge is 0.475 e. The first-order chi connectivity index (χ1) is 28.8. The highest BCUT2D eigenvalue weighted by molar-refractivity contribution is 7.00. The molecule has 1 saturated carbocycles. The van der Waals surface area contributed by atoms with Crippen molar-refractivity contribution in [3.8, 4) is 0 Å². The summed E-state index contributed by atoms with van der Waals surface area (Å²) in [6.07, 6.45) is -4.54. The van der Waals surface area contributed by atoms with E-state index in [9.17, 15) is 33.0 Å². The molecule has 4 heterocycles. The van der Waals surface area contributed by atoms with E-state index in [0.717, 1.165) is 22.9 Å². The number of hydrogen-bond acceptors (Lipinski definition) is 13. The first-order valence-corrected chi connectivity index (χ1v) is 19.9. The number of fused-ring (bicyclic) bond motifs is 2. The molecule has 6 N–H and O–H groups in total. The predicted molar refractivity (Wildman–Crippen MR) is 216 cm³/mol. The molecule has 16 nitrogen and oxygen atoms in total. The number of aliphatic hydroxyl groups excluding tert-OH is 2. The average Bonchev–Trinajstić information content (AvgIpc) is 4.06. The number of carboxylic acid groups (broad SMARTS) is 1. The molecule has 2 fully saturated rings. The zero-order chi connectivity index (χ0) is 42.6. The lowest BCUT2D eigenvalue weighted by atomic mass is 9.91. The van der Waals surface area contributed by atoms with Crippen molar-refractivity contribution in [3.63, 3.8) is 0 Å². The molecule has 20 heteroatoms. The standard InChI is InChI=1S/C38H40N10O4S.C2HF3O2/c1-2-30(49)42-28-18-29(34(51)33(28)50)48-21-40-32-35(39-19-26(22-10-5-3-6-11-22)23-12-7-4-8-13-23)43-38(44-36(32)48)47-17-16-24(20-47)41-37(52)25-14-9-15-27-31(25)46-53-45-27;3-2(4,5)1(6)7/h3-15,21,24,26,28-29,33-34,50-51H,2,16-20H2,1H3,(H,41,52)(H,42,49)(H,39,43,44);(H,6,7)/t24-,28+,29-,33-,34+;/m1./s1. The molecule has 2 aliphatic rings. The van der Waals surface area contributed by atoms with Crippen molar-refractivity contribution in [3.05, 3.63) is 102 Å². The van der Waals surface area contributed by atoms with Crippen molar-refractivity contribution >= 4 is 63.5 Å². The van der Waals surface area contributed by atoms with E-state index in [1.165, 1.54) is 0 Å². The topological polar surface area (TPSA) is 221 Å². The number of carboxylic acids is 1. The first-order valence-electron chi connectivity index (χ1n) is 19.1. The number of carbonyl (C=O) groups excluding carboxylic acids is 2. The third-order valence-electron chi connectivity index (χ3n) is 10.5. The van der Waals surface area contributed by atoms with E-state index in [1.54, 1.807) is 30.0 Å². The number of nitrogens with zero attached hydrogens (tertiary/aromatic N) is 7. The molecule has 6 aromatic rings. The summed E-state index contributed by atoms with van der Waals surface area (Å²) in [4.78, 5) is 51.3. The van der Waals surface area contributed by atoms with Gasteiger partial charge in [0, 0.05) is 38.0 Å². The number of carbonyl (C=O) groups is 3. The maximum Gasteiger partial charge on any atom is 0.490 e. The van der Waals surface area contributed by atoms with Crippen molar-refractivity contribution in [2.24, 2.45) is 0 Å². The van der Waals surface area contributed by atoms with E-state index in [1.807, 2.05) is 47.4 Å². The maximum atomic E-state index is 13.4. The van der Waals surface area contributed by atoms with Gasteiger partial charge in [-0.15, -0.1) is 0 Å². The van der Waals surface area contributed by atoms with Crippen LogP contribution in [0.1, 0.15) is 59.6 Å². The first kappa shape index (κ1) is 41.9. The van der Waals surface area contributed by atoms with Crippen LogP contribution in [0, 0.1) is 0 Å². The molecule has 0 radical (unpaired) electrons. The molecule has 5 atom stereocenters. The number of aliphatic hydroxyl groups is 2. The summed E-state index contributed by atoms with van der Waals surface area (Å²) in [6.45, 7) is 3.33. The Hall–Kier alpha value is -6.25. The van der Waals surface area contributed by atoms with Gasteiger partial charge in [-0.1, -0.05) is 73.7 Å². The number of imidazole rings is 1. The lowest BCUT2D eigenvalue weighted by molar-refractivity contribution is -0.192. The Kier molecular flexibility index (Phi) is 12.5. The van der Waals surface area contributed by atoms with Gasteiger partial charge in [-0.05, 0) is 36.1 Å². The lowest BCUT2D eigenvalue weighted by Gasteiger charge is -2.22. The molecule has 8 rings (SSSR count). The molecule has 1 aliphatic carbocycles. The SMILES string of the molecule is CCC(=O)N[C@H]1C[C@@H](n2cnc3c(NCC(c4ccccc4)c4ccccc4)nc(N4CC[C@@H](NC(=O)c5cccc6nsnc56)C4)nc32)[C@H](O)[C@@H]1O.O=C(O)C(F)(F)F. The number of nitrogens with one attached hydrogen (secondary N) is 3. The van der Waals surface area contributed by atoms with Gasteiger partial charge in [-0.25, -0.2) is 9.78 Å². The number of benzene rings is 3. The molecule has 3 aromatic heterocycles. The van der Waals surface area contributed by atoms with Crippen LogP contribution in [0.4, 0.5) is 24.9 Å². The second-order valence-corrected chi connectivity index (χ2v) is 14.9. The second-order valence-electron chi connectivity index (χ2n) is 14.4. The van der Waals surface area contributed by atoms with Crippen LogP contribution in [0.5, 0.6) is 0 Å². The Labute approximate surface area is 344 Å². The van der Waals surface area contributed by atoms with Crippen molar-refractivity contribution in [1.29, 1.82) is 0 Å². The van der Waals surface area contributed by atoms with Crippen molar-refractivity contribution in [1.82, 2.24) is 38.9 Å². The van der Waals surface area contributed by atoms with Gasteiger partial charge in [-0.2, -0.15) is 31.9 Å². The molecular weight excluding hydrogens is 806 g/mol. The molecule has 60 heavy (non-hydrogen) atoms. The van der Waals surface area contributed by atoms with Crippen LogP contribution < -0.4 is 20.9 Å². The normalized spacial score (nSPS) is 20.2. The number of aliphatic carboxylic acids is 1. The van der Waals surface area contributed by atoms with E-state index >= 15 is 0 Å². The summed E-state index contributed by atoms with van der Waals surface area (Å²) in [6, 6.07) is 24.6. The highest BCUT2D eigenvalue weighted by atomic mass is 32.1. The van der Waals surface area contributed by atoms with Gasteiger partial charge in [0.2, 0.25) is 11.9 Å². The minimum atomic E-state index is -5.08. The fourth-order valence-electron chi connectivity index (χ4n) is 7.46. The molecule has 1 saturated heterocycles. The fourth-order valence-corrected chi connectivity index (χ4v) is 8.01. The van der Waals surface area contributed by atoms with Gasteiger partial charge in [0.05, 0.1) is 35.7 Å².